The van der Waals surface area contributed by atoms with Gasteiger partial charge in [0.1, 0.15) is 17.5 Å². The van der Waals surface area contributed by atoms with E-state index in [0.717, 1.165) is 34.1 Å². The number of carbonyl (C=O) groups is 2. The molecule has 0 radical (unpaired) electrons. The van der Waals surface area contributed by atoms with Crippen molar-refractivity contribution in [1.82, 2.24) is 9.88 Å². The first kappa shape index (κ1) is 25.4. The van der Waals surface area contributed by atoms with Crippen LogP contribution in [0.25, 0.3) is 0 Å². The lowest BCUT2D eigenvalue weighted by atomic mass is 10.0. The summed E-state index contributed by atoms with van der Waals surface area (Å²) < 4.78 is 0. The fraction of sp³-hybridized carbons (Fsp3) is 0.182. The van der Waals surface area contributed by atoms with E-state index in [9.17, 15) is 9.59 Å². The van der Waals surface area contributed by atoms with Crippen LogP contribution in [0.15, 0.2) is 109 Å². The van der Waals surface area contributed by atoms with Crippen molar-refractivity contribution >= 4 is 34.7 Å². The number of benzene rings is 3. The molecule has 1 saturated heterocycles. The van der Waals surface area contributed by atoms with Gasteiger partial charge in [-0.15, -0.1) is 0 Å². The van der Waals surface area contributed by atoms with Crippen LogP contribution in [0.3, 0.4) is 0 Å². The number of rotatable bonds is 5. The van der Waals surface area contributed by atoms with Crippen LogP contribution >= 0.6 is 0 Å². The fourth-order valence-corrected chi connectivity index (χ4v) is 5.29. The van der Waals surface area contributed by atoms with Crippen molar-refractivity contribution in [3.63, 3.8) is 0 Å². The van der Waals surface area contributed by atoms with Gasteiger partial charge in [0.2, 0.25) is 0 Å². The third kappa shape index (κ3) is 5.18. The lowest BCUT2D eigenvalue weighted by Crippen LogP contribution is -2.49. The molecule has 0 spiro atoms. The molecule has 3 heterocycles. The summed E-state index contributed by atoms with van der Waals surface area (Å²) in [4.78, 5) is 37.5. The van der Waals surface area contributed by atoms with Gasteiger partial charge in [-0.25, -0.2) is 4.98 Å². The van der Waals surface area contributed by atoms with Crippen molar-refractivity contribution in [1.29, 1.82) is 0 Å². The molecule has 0 bridgehead atoms. The minimum atomic E-state index is 0.0174. The van der Waals surface area contributed by atoms with Crippen LogP contribution < -0.4 is 15.1 Å². The van der Waals surface area contributed by atoms with Crippen molar-refractivity contribution in [3.05, 3.63) is 126 Å². The zero-order valence-corrected chi connectivity index (χ0v) is 22.5. The lowest BCUT2D eigenvalue weighted by Gasteiger charge is -2.36. The average Bonchev–Trinajstić information content (AvgIpc) is 3.14. The number of carbonyl (C=O) groups excluding carboxylic acids is 2. The molecule has 7 heteroatoms. The Balaban J connectivity index is 1.34. The number of piperazine rings is 1. The van der Waals surface area contributed by atoms with Crippen LogP contribution in [0.5, 0.6) is 0 Å². The van der Waals surface area contributed by atoms with Crippen molar-refractivity contribution in [2.24, 2.45) is 0 Å². The maximum atomic E-state index is 13.2. The summed E-state index contributed by atoms with van der Waals surface area (Å²) in [6.07, 6.45) is 1.95. The Kier molecular flexibility index (Phi) is 7.02. The highest BCUT2D eigenvalue weighted by Crippen LogP contribution is 2.37. The quantitative estimate of drug-likeness (QED) is 0.365. The van der Waals surface area contributed by atoms with Gasteiger partial charge in [-0.05, 0) is 55.0 Å². The molecular formula is C33H31N5O2. The summed E-state index contributed by atoms with van der Waals surface area (Å²) in [5, 5.41) is 3.46. The number of pyridine rings is 1. The zero-order chi connectivity index (χ0) is 27.5. The van der Waals surface area contributed by atoms with Gasteiger partial charge in [-0.2, -0.15) is 0 Å². The minimum absolute atomic E-state index is 0.0174. The Morgan fingerprint density at radius 2 is 1.45 bits per heavy atom. The van der Waals surface area contributed by atoms with Crippen molar-refractivity contribution in [2.75, 3.05) is 41.3 Å². The van der Waals surface area contributed by atoms with Gasteiger partial charge in [0.15, 0.2) is 5.78 Å². The lowest BCUT2D eigenvalue weighted by molar-refractivity contribution is -0.114. The Bertz CT molecular complexity index is 1550. The van der Waals surface area contributed by atoms with Crippen LogP contribution in [0.4, 0.5) is 23.0 Å². The number of ketones is 1. The SMILES string of the molecule is Cc1cc(N2CCN(C(=O)c3ccccc3)CC2)nc2c1CC(=O)C=C(Nc1ccccc1)N2c1ccccc1. The van der Waals surface area contributed by atoms with Gasteiger partial charge >= 0.3 is 0 Å². The Hall–Kier alpha value is -4.91. The van der Waals surface area contributed by atoms with E-state index in [-0.39, 0.29) is 18.1 Å². The molecule has 0 atom stereocenters. The normalized spacial score (nSPS) is 15.3. The second-order valence-electron chi connectivity index (χ2n) is 10.1. The van der Waals surface area contributed by atoms with Crippen molar-refractivity contribution < 1.29 is 9.59 Å². The molecule has 1 aromatic heterocycles. The zero-order valence-electron chi connectivity index (χ0n) is 22.5. The minimum Gasteiger partial charge on any atom is -0.353 e. The number of hydrogen-bond acceptors (Lipinski definition) is 6. The van der Waals surface area contributed by atoms with E-state index in [2.05, 4.69) is 16.3 Å². The maximum absolute atomic E-state index is 13.2. The average molecular weight is 530 g/mol. The number of aromatic nitrogens is 1. The number of fused-ring (bicyclic) bond motifs is 1. The predicted octanol–water partition coefficient (Wildman–Crippen LogP) is 5.57. The maximum Gasteiger partial charge on any atom is 0.253 e. The van der Waals surface area contributed by atoms with Crippen molar-refractivity contribution in [2.45, 2.75) is 13.3 Å². The first-order valence-corrected chi connectivity index (χ1v) is 13.6. The standard InChI is InChI=1S/C33H31N5O2/c1-24-21-30(36-17-19-37(20-18-36)33(40)25-11-5-2-6-12-25)35-32-29(24)22-28(39)23-31(34-26-13-7-3-8-14-26)38(32)27-15-9-4-10-16-27/h2-16,21,23,34H,17-20,22H2,1H3. The Labute approximate surface area is 234 Å². The summed E-state index contributed by atoms with van der Waals surface area (Å²) >= 11 is 0. The Morgan fingerprint density at radius 3 is 2.12 bits per heavy atom. The predicted molar refractivity (Wildman–Crippen MR) is 159 cm³/mol. The van der Waals surface area contributed by atoms with E-state index in [1.807, 2.05) is 108 Å². The molecule has 1 amide bonds. The highest BCUT2D eigenvalue weighted by Gasteiger charge is 2.29. The van der Waals surface area contributed by atoms with E-state index in [1.165, 1.54) is 0 Å². The van der Waals surface area contributed by atoms with Gasteiger partial charge in [0, 0.05) is 61.2 Å². The molecule has 1 N–H and O–H groups in total. The Morgan fingerprint density at radius 1 is 0.825 bits per heavy atom. The monoisotopic (exact) mass is 529 g/mol. The van der Waals surface area contributed by atoms with Gasteiger partial charge in [0.25, 0.3) is 5.91 Å². The number of anilines is 4. The summed E-state index contributed by atoms with van der Waals surface area (Å²) in [5.74, 6) is 2.32. The van der Waals surface area contributed by atoms with E-state index < -0.39 is 0 Å². The van der Waals surface area contributed by atoms with E-state index in [1.54, 1.807) is 6.08 Å². The number of aryl methyl sites for hydroxylation is 1. The first-order valence-electron chi connectivity index (χ1n) is 13.6. The largest absolute Gasteiger partial charge is 0.353 e. The molecule has 7 nitrogen and oxygen atoms in total. The molecular weight excluding hydrogens is 498 g/mol. The molecule has 6 rings (SSSR count). The number of nitrogens with one attached hydrogen (secondary N) is 1. The van der Waals surface area contributed by atoms with Gasteiger partial charge in [-0.1, -0.05) is 54.6 Å². The summed E-state index contributed by atoms with van der Waals surface area (Å²) in [5.41, 5.74) is 4.44. The van der Waals surface area contributed by atoms with E-state index in [0.29, 0.717) is 37.6 Å². The third-order valence-electron chi connectivity index (χ3n) is 7.39. The van der Waals surface area contributed by atoms with Crippen LogP contribution in [-0.2, 0) is 11.2 Å². The summed E-state index contributed by atoms with van der Waals surface area (Å²) in [6, 6.07) is 31.4. The molecule has 3 aromatic carbocycles. The van der Waals surface area contributed by atoms with Gasteiger partial charge in [0.05, 0.1) is 0 Å². The highest BCUT2D eigenvalue weighted by atomic mass is 16.2. The van der Waals surface area contributed by atoms with Crippen LogP contribution in [0, 0.1) is 6.92 Å². The topological polar surface area (TPSA) is 68.8 Å². The van der Waals surface area contributed by atoms with Gasteiger partial charge in [-0.3, -0.25) is 14.5 Å². The molecule has 4 aromatic rings. The highest BCUT2D eigenvalue weighted by molar-refractivity contribution is 5.97. The first-order chi connectivity index (χ1) is 19.6. The van der Waals surface area contributed by atoms with Crippen LogP contribution in [0.1, 0.15) is 21.5 Å². The number of amides is 1. The number of nitrogens with zero attached hydrogens (tertiary/aromatic N) is 4. The fourth-order valence-electron chi connectivity index (χ4n) is 5.29. The van der Waals surface area contributed by atoms with E-state index in [4.69, 9.17) is 4.98 Å². The smallest absolute Gasteiger partial charge is 0.253 e. The summed E-state index contributed by atoms with van der Waals surface area (Å²) in [7, 11) is 0. The molecule has 0 saturated carbocycles. The molecule has 2 aliphatic heterocycles. The third-order valence-corrected chi connectivity index (χ3v) is 7.39. The van der Waals surface area contributed by atoms with Crippen LogP contribution in [-0.4, -0.2) is 47.8 Å². The second kappa shape index (κ2) is 11.1. The van der Waals surface area contributed by atoms with Crippen molar-refractivity contribution in [3.8, 4) is 0 Å². The molecule has 200 valence electrons. The van der Waals surface area contributed by atoms with Crippen LogP contribution in [0.2, 0.25) is 0 Å². The molecule has 0 aliphatic carbocycles. The summed E-state index contributed by atoms with van der Waals surface area (Å²) in [6.45, 7) is 4.64. The number of hydrogen-bond donors (Lipinski definition) is 1. The molecule has 1 fully saturated rings. The van der Waals surface area contributed by atoms with E-state index >= 15 is 0 Å². The molecule has 2 aliphatic rings. The van der Waals surface area contributed by atoms with Gasteiger partial charge < -0.3 is 15.1 Å². The second-order valence-corrected chi connectivity index (χ2v) is 10.1. The number of allylic oxidation sites excluding steroid dienone is 1. The molecule has 0 unspecified atom stereocenters. The number of para-hydroxylation sites is 2. The molecule has 40 heavy (non-hydrogen) atoms.